The van der Waals surface area contributed by atoms with Gasteiger partial charge in [-0.25, -0.2) is 0 Å². The normalized spacial score (nSPS) is 10.5. The Kier molecular flexibility index (Phi) is 2.05. The molecule has 0 aliphatic carbocycles. The lowest BCUT2D eigenvalue weighted by atomic mass is 10.3. The summed E-state index contributed by atoms with van der Waals surface area (Å²) < 4.78 is 5.09. The molecule has 0 unspecified atom stereocenters. The van der Waals surface area contributed by atoms with Crippen LogP contribution < -0.4 is 0 Å². The zero-order valence-corrected chi connectivity index (χ0v) is 5.87. The molecule has 0 aliphatic heterocycles. The van der Waals surface area contributed by atoms with Gasteiger partial charge in [-0.3, -0.25) is 4.99 Å². The van der Waals surface area contributed by atoms with Crippen LogP contribution in [0.15, 0.2) is 27.9 Å². The molecule has 0 fully saturated rings. The van der Waals surface area contributed by atoms with Crippen LogP contribution in [-0.2, 0) is 0 Å². The Labute approximate surface area is 59.9 Å². The minimum absolute atomic E-state index is 0.840. The molecule has 0 aromatic carbocycles. The third-order valence-corrected chi connectivity index (χ3v) is 1.23. The molecule has 2 heteroatoms. The average molecular weight is 135 g/mol. The van der Waals surface area contributed by atoms with Gasteiger partial charge in [0.15, 0.2) is 0 Å². The van der Waals surface area contributed by atoms with Gasteiger partial charge in [-0.1, -0.05) is 0 Å². The number of rotatable bonds is 2. The molecule has 1 aromatic rings. The zero-order valence-electron chi connectivity index (χ0n) is 5.87. The molecule has 0 bridgehead atoms. The molecule has 52 valence electrons. The third kappa shape index (κ3) is 1.35. The summed E-state index contributed by atoms with van der Waals surface area (Å²) in [5.74, 6) is 0.840. The first-order chi connectivity index (χ1) is 4.84. The summed E-state index contributed by atoms with van der Waals surface area (Å²) >= 11 is 0. The number of furan rings is 1. The maximum atomic E-state index is 5.09. The van der Waals surface area contributed by atoms with Gasteiger partial charge in [0.1, 0.15) is 5.76 Å². The van der Waals surface area contributed by atoms with E-state index in [9.17, 15) is 0 Å². The van der Waals surface area contributed by atoms with E-state index in [4.69, 9.17) is 4.42 Å². The van der Waals surface area contributed by atoms with Gasteiger partial charge < -0.3 is 4.42 Å². The van der Waals surface area contributed by atoms with Gasteiger partial charge in [0.05, 0.1) is 6.26 Å². The summed E-state index contributed by atoms with van der Waals surface area (Å²) in [4.78, 5) is 3.56. The Morgan fingerprint density at radius 2 is 2.50 bits per heavy atom. The Morgan fingerprint density at radius 3 is 3.00 bits per heavy atom. The number of nitrogens with zero attached hydrogens (tertiary/aromatic N) is 1. The van der Waals surface area contributed by atoms with Crippen molar-refractivity contribution >= 4 is 12.8 Å². The molecule has 0 aliphatic rings. The highest BCUT2D eigenvalue weighted by atomic mass is 16.3. The number of aliphatic imine (C=N–C) groups is 1. The van der Waals surface area contributed by atoms with E-state index >= 15 is 0 Å². The molecule has 0 spiro atoms. The molecule has 1 aromatic heterocycles. The molecule has 0 N–H and O–H groups in total. The molecule has 10 heavy (non-hydrogen) atoms. The summed E-state index contributed by atoms with van der Waals surface area (Å²) in [6, 6.07) is 1.91. The Balaban J connectivity index is 2.83. The van der Waals surface area contributed by atoms with Gasteiger partial charge in [0.25, 0.3) is 0 Å². The lowest BCUT2D eigenvalue weighted by Crippen LogP contribution is -1.67. The van der Waals surface area contributed by atoms with Gasteiger partial charge in [-0.15, -0.1) is 0 Å². The van der Waals surface area contributed by atoms with Crippen molar-refractivity contribution < 1.29 is 4.42 Å². The van der Waals surface area contributed by atoms with E-state index in [0.29, 0.717) is 0 Å². The van der Waals surface area contributed by atoms with Crippen LogP contribution in [0.5, 0.6) is 0 Å². The van der Waals surface area contributed by atoms with Gasteiger partial charge in [-0.05, 0) is 31.3 Å². The molecule has 2 nitrogen and oxygen atoms in total. The predicted molar refractivity (Wildman–Crippen MR) is 42.0 cm³/mol. The predicted octanol–water partition coefficient (Wildman–Crippen LogP) is 2.26. The number of hydrogen-bond donors (Lipinski definition) is 0. The highest BCUT2D eigenvalue weighted by Gasteiger charge is 1.93. The van der Waals surface area contributed by atoms with Crippen molar-refractivity contribution in [3.63, 3.8) is 0 Å². The lowest BCUT2D eigenvalue weighted by Gasteiger charge is -1.84. The van der Waals surface area contributed by atoms with E-state index in [1.807, 2.05) is 13.0 Å². The van der Waals surface area contributed by atoms with E-state index in [-0.39, 0.29) is 0 Å². The number of aryl methyl sites for hydroxylation is 1. The van der Waals surface area contributed by atoms with Crippen molar-refractivity contribution in [2.24, 2.45) is 4.99 Å². The Hall–Kier alpha value is -1.31. The quantitative estimate of drug-likeness (QED) is 0.571. The molecule has 0 saturated carbocycles. The fourth-order valence-corrected chi connectivity index (χ4v) is 0.676. The van der Waals surface area contributed by atoms with E-state index in [1.165, 1.54) is 0 Å². The molecule has 1 heterocycles. The Morgan fingerprint density at radius 1 is 1.70 bits per heavy atom. The fraction of sp³-hybridized carbons (Fsp3) is 0.125. The Bertz CT molecular complexity index is 248. The molecule has 0 amide bonds. The fourth-order valence-electron chi connectivity index (χ4n) is 0.676. The van der Waals surface area contributed by atoms with Crippen molar-refractivity contribution in [2.75, 3.05) is 0 Å². The van der Waals surface area contributed by atoms with Crippen molar-refractivity contribution in [3.05, 3.63) is 29.9 Å². The maximum absolute atomic E-state index is 5.09. The van der Waals surface area contributed by atoms with Crippen molar-refractivity contribution in [2.45, 2.75) is 6.92 Å². The van der Waals surface area contributed by atoms with Crippen molar-refractivity contribution in [1.29, 1.82) is 0 Å². The second-order valence-corrected chi connectivity index (χ2v) is 1.97. The molecular weight excluding hydrogens is 126 g/mol. The summed E-state index contributed by atoms with van der Waals surface area (Å²) in [6.07, 6.45) is 5.03. The van der Waals surface area contributed by atoms with Gasteiger partial charge in [-0.2, -0.15) is 0 Å². The van der Waals surface area contributed by atoms with Crippen LogP contribution in [0.1, 0.15) is 11.3 Å². The monoisotopic (exact) mass is 135 g/mol. The SMILES string of the molecule is C=N/C=C\c1occc1C. The van der Waals surface area contributed by atoms with Crippen LogP contribution in [0, 0.1) is 6.92 Å². The summed E-state index contributed by atoms with van der Waals surface area (Å²) in [5, 5.41) is 0. The zero-order chi connectivity index (χ0) is 7.40. The second kappa shape index (κ2) is 3.01. The summed E-state index contributed by atoms with van der Waals surface area (Å²) in [7, 11) is 0. The molecule has 1 rings (SSSR count). The smallest absolute Gasteiger partial charge is 0.131 e. The van der Waals surface area contributed by atoms with Crippen LogP contribution in [0.2, 0.25) is 0 Å². The van der Waals surface area contributed by atoms with Crippen molar-refractivity contribution in [3.8, 4) is 0 Å². The molecule has 0 radical (unpaired) electrons. The molecule has 0 atom stereocenters. The minimum atomic E-state index is 0.840. The van der Waals surface area contributed by atoms with Crippen LogP contribution in [-0.4, -0.2) is 6.72 Å². The van der Waals surface area contributed by atoms with Gasteiger partial charge in [0.2, 0.25) is 0 Å². The second-order valence-electron chi connectivity index (χ2n) is 1.97. The first-order valence-corrected chi connectivity index (χ1v) is 3.01. The largest absolute Gasteiger partial charge is 0.465 e. The highest BCUT2D eigenvalue weighted by molar-refractivity contribution is 5.47. The molecular formula is C8H9NO. The van der Waals surface area contributed by atoms with Crippen molar-refractivity contribution in [1.82, 2.24) is 0 Å². The van der Waals surface area contributed by atoms with E-state index < -0.39 is 0 Å². The first kappa shape index (κ1) is 6.81. The first-order valence-electron chi connectivity index (χ1n) is 3.01. The van der Waals surface area contributed by atoms with Crippen LogP contribution in [0.25, 0.3) is 6.08 Å². The highest BCUT2D eigenvalue weighted by Crippen LogP contribution is 2.09. The molecule has 0 saturated heterocycles. The van der Waals surface area contributed by atoms with Gasteiger partial charge >= 0.3 is 0 Å². The van der Waals surface area contributed by atoms with E-state index in [2.05, 4.69) is 11.7 Å². The van der Waals surface area contributed by atoms with Crippen LogP contribution >= 0.6 is 0 Å². The summed E-state index contributed by atoms with van der Waals surface area (Å²) in [5.41, 5.74) is 1.11. The summed E-state index contributed by atoms with van der Waals surface area (Å²) in [6.45, 7) is 5.29. The van der Waals surface area contributed by atoms with Gasteiger partial charge in [0, 0.05) is 6.20 Å². The third-order valence-electron chi connectivity index (χ3n) is 1.23. The number of hydrogen-bond acceptors (Lipinski definition) is 2. The maximum Gasteiger partial charge on any atom is 0.131 e. The lowest BCUT2D eigenvalue weighted by molar-refractivity contribution is 0.555. The van der Waals surface area contributed by atoms with Crippen LogP contribution in [0.3, 0.4) is 0 Å². The van der Waals surface area contributed by atoms with E-state index in [0.717, 1.165) is 11.3 Å². The minimum Gasteiger partial charge on any atom is -0.465 e. The average Bonchev–Trinajstić information content (AvgIpc) is 2.31. The standard InChI is InChI=1S/C8H9NO/c1-7-4-6-10-8(7)3-5-9-2/h3-6H,2H2,1H3/b5-3-. The van der Waals surface area contributed by atoms with E-state index in [1.54, 1.807) is 18.5 Å². The topological polar surface area (TPSA) is 25.5 Å². The van der Waals surface area contributed by atoms with Crippen LogP contribution in [0.4, 0.5) is 0 Å².